The van der Waals surface area contributed by atoms with Crippen LogP contribution in [-0.4, -0.2) is 45.7 Å². The normalized spacial score (nSPS) is 20.3. The molecule has 2 aromatic carbocycles. The minimum Gasteiger partial charge on any atom is -0.449 e. The summed E-state index contributed by atoms with van der Waals surface area (Å²) in [6, 6.07) is 18.0. The standard InChI is InChI=1S/C26H31Cl2N5O4/c1-3-21(22-15-14-20(31-32-30)23(36-22)37-24(29)26(2,27)28)33(16-18-10-6-4-7-11-18)25(34)35-17-19-12-8-5-9-13-19/h4-13,20-23,29H,3,14-17H2,1-2H3/t20?,21-,22-,23?/m0/s1. The number of nitrogens with one attached hydrogen (secondary N) is 1. The number of rotatable bonds is 10. The second kappa shape index (κ2) is 13.5. The maximum absolute atomic E-state index is 13.4. The van der Waals surface area contributed by atoms with E-state index >= 15 is 0 Å². The summed E-state index contributed by atoms with van der Waals surface area (Å²) in [6.45, 7) is 3.82. The molecule has 0 aliphatic carbocycles. The number of carbonyl (C=O) groups is 1. The van der Waals surface area contributed by atoms with Crippen LogP contribution in [-0.2, 0) is 27.4 Å². The molecule has 198 valence electrons. The van der Waals surface area contributed by atoms with E-state index < -0.39 is 34.8 Å². The number of hydrogen-bond acceptors (Lipinski definition) is 6. The first kappa shape index (κ1) is 28.6. The molecule has 11 heteroatoms. The fourth-order valence-electron chi connectivity index (χ4n) is 4.17. The molecule has 4 atom stereocenters. The van der Waals surface area contributed by atoms with Crippen molar-refractivity contribution in [2.24, 2.45) is 5.11 Å². The highest BCUT2D eigenvalue weighted by molar-refractivity contribution is 6.57. The van der Waals surface area contributed by atoms with E-state index in [9.17, 15) is 4.79 Å². The van der Waals surface area contributed by atoms with Gasteiger partial charge >= 0.3 is 6.09 Å². The van der Waals surface area contributed by atoms with Crippen molar-refractivity contribution in [2.75, 3.05) is 0 Å². The Labute approximate surface area is 226 Å². The summed E-state index contributed by atoms with van der Waals surface area (Å²) in [6.07, 6.45) is -0.518. The smallest absolute Gasteiger partial charge is 0.410 e. The number of ether oxygens (including phenoxy) is 3. The summed E-state index contributed by atoms with van der Waals surface area (Å²) in [5.41, 5.74) is 10.8. The lowest BCUT2D eigenvalue weighted by molar-refractivity contribution is -0.182. The number of carbonyl (C=O) groups excluding carboxylic acids is 1. The Kier molecular flexibility index (Phi) is 10.5. The first-order chi connectivity index (χ1) is 17.7. The van der Waals surface area contributed by atoms with Crippen LogP contribution in [0.3, 0.4) is 0 Å². The van der Waals surface area contributed by atoms with Crippen LogP contribution in [0.5, 0.6) is 0 Å². The Hall–Kier alpha value is -2.97. The van der Waals surface area contributed by atoms with Crippen LogP contribution in [0.25, 0.3) is 10.4 Å². The summed E-state index contributed by atoms with van der Waals surface area (Å²) in [4.78, 5) is 17.9. The van der Waals surface area contributed by atoms with E-state index in [1.165, 1.54) is 6.92 Å². The lowest BCUT2D eigenvalue weighted by Crippen LogP contribution is -2.52. The molecule has 1 saturated heterocycles. The van der Waals surface area contributed by atoms with Gasteiger partial charge in [-0.05, 0) is 42.8 Å². The third-order valence-corrected chi connectivity index (χ3v) is 6.43. The van der Waals surface area contributed by atoms with Gasteiger partial charge in [-0.25, -0.2) is 4.79 Å². The van der Waals surface area contributed by atoms with Crippen molar-refractivity contribution in [3.8, 4) is 0 Å². The van der Waals surface area contributed by atoms with Crippen molar-refractivity contribution >= 4 is 35.2 Å². The molecule has 2 unspecified atom stereocenters. The Bertz CT molecular complexity index is 1080. The van der Waals surface area contributed by atoms with Gasteiger partial charge in [0.25, 0.3) is 0 Å². The topological polar surface area (TPSA) is 121 Å². The van der Waals surface area contributed by atoms with E-state index in [0.717, 1.165) is 11.1 Å². The van der Waals surface area contributed by atoms with Crippen molar-refractivity contribution < 1.29 is 19.0 Å². The highest BCUT2D eigenvalue weighted by Gasteiger charge is 2.41. The molecule has 0 saturated carbocycles. The van der Waals surface area contributed by atoms with Gasteiger partial charge in [-0.15, -0.1) is 0 Å². The van der Waals surface area contributed by atoms with Crippen molar-refractivity contribution in [1.29, 1.82) is 5.41 Å². The molecule has 0 spiro atoms. The quantitative estimate of drug-likeness (QED) is 0.0860. The van der Waals surface area contributed by atoms with Crippen LogP contribution in [0.4, 0.5) is 4.79 Å². The molecule has 1 heterocycles. The molecule has 1 amide bonds. The summed E-state index contributed by atoms with van der Waals surface area (Å²) in [7, 11) is 0. The average Bonchev–Trinajstić information content (AvgIpc) is 2.89. The van der Waals surface area contributed by atoms with Gasteiger partial charge < -0.3 is 14.2 Å². The number of benzene rings is 2. The van der Waals surface area contributed by atoms with E-state index in [0.29, 0.717) is 25.8 Å². The lowest BCUT2D eigenvalue weighted by Gasteiger charge is -2.41. The van der Waals surface area contributed by atoms with E-state index in [1.807, 2.05) is 67.6 Å². The molecule has 0 aromatic heterocycles. The summed E-state index contributed by atoms with van der Waals surface area (Å²) < 4.78 is 15.9. The van der Waals surface area contributed by atoms with Gasteiger partial charge in [-0.2, -0.15) is 0 Å². The van der Waals surface area contributed by atoms with Gasteiger partial charge in [0.15, 0.2) is 4.33 Å². The zero-order valence-electron chi connectivity index (χ0n) is 20.8. The van der Waals surface area contributed by atoms with Crippen LogP contribution >= 0.6 is 23.2 Å². The molecule has 1 aliphatic heterocycles. The molecule has 2 aromatic rings. The van der Waals surface area contributed by atoms with Gasteiger partial charge in [0.2, 0.25) is 12.2 Å². The molecular weight excluding hydrogens is 517 g/mol. The predicted octanol–water partition coefficient (Wildman–Crippen LogP) is 6.98. The third-order valence-electron chi connectivity index (χ3n) is 6.09. The third kappa shape index (κ3) is 8.27. The second-order valence-electron chi connectivity index (χ2n) is 8.86. The van der Waals surface area contributed by atoms with Crippen LogP contribution in [0, 0.1) is 5.41 Å². The van der Waals surface area contributed by atoms with Crippen LogP contribution < -0.4 is 0 Å². The molecule has 0 radical (unpaired) electrons. The van der Waals surface area contributed by atoms with Crippen molar-refractivity contribution in [1.82, 2.24) is 4.90 Å². The summed E-state index contributed by atoms with van der Waals surface area (Å²) in [5.74, 6) is -0.420. The maximum atomic E-state index is 13.4. The second-order valence-corrected chi connectivity index (χ2v) is 10.6. The Balaban J connectivity index is 1.82. The van der Waals surface area contributed by atoms with Crippen LogP contribution in [0.15, 0.2) is 65.8 Å². The first-order valence-electron chi connectivity index (χ1n) is 12.1. The lowest BCUT2D eigenvalue weighted by atomic mass is 9.95. The Morgan fingerprint density at radius 3 is 2.38 bits per heavy atom. The van der Waals surface area contributed by atoms with E-state index in [4.69, 9.17) is 48.4 Å². The van der Waals surface area contributed by atoms with Gasteiger partial charge in [-0.1, -0.05) is 95.9 Å². The molecule has 37 heavy (non-hydrogen) atoms. The zero-order chi connectivity index (χ0) is 26.8. The van der Waals surface area contributed by atoms with E-state index in [2.05, 4.69) is 10.0 Å². The Morgan fingerprint density at radius 2 is 1.81 bits per heavy atom. The minimum atomic E-state index is -1.58. The maximum Gasteiger partial charge on any atom is 0.410 e. The summed E-state index contributed by atoms with van der Waals surface area (Å²) in [5, 5.41) is 11.8. The number of nitrogens with zero attached hydrogens (tertiary/aromatic N) is 4. The van der Waals surface area contributed by atoms with Gasteiger partial charge in [-0.3, -0.25) is 10.3 Å². The average molecular weight is 548 g/mol. The highest BCUT2D eigenvalue weighted by Crippen LogP contribution is 2.32. The molecule has 0 bridgehead atoms. The SMILES string of the molecule is CC[C@@H]([C@@H]1CCC(N=[N+]=[N-])C(OC(=N)C(C)(Cl)Cl)O1)N(Cc1ccccc1)C(=O)OCc1ccccc1. The van der Waals surface area contributed by atoms with Crippen molar-refractivity contribution in [2.45, 2.75) is 75.1 Å². The van der Waals surface area contributed by atoms with E-state index in [1.54, 1.807) is 4.90 Å². The van der Waals surface area contributed by atoms with Crippen LogP contribution in [0.2, 0.25) is 0 Å². The largest absolute Gasteiger partial charge is 0.449 e. The Morgan fingerprint density at radius 1 is 1.19 bits per heavy atom. The van der Waals surface area contributed by atoms with Gasteiger partial charge in [0.1, 0.15) is 6.61 Å². The molecule has 3 rings (SSSR count). The van der Waals surface area contributed by atoms with E-state index in [-0.39, 0.29) is 12.6 Å². The van der Waals surface area contributed by atoms with Crippen molar-refractivity contribution in [3.05, 3.63) is 82.2 Å². The summed E-state index contributed by atoms with van der Waals surface area (Å²) >= 11 is 12.0. The predicted molar refractivity (Wildman–Crippen MR) is 142 cm³/mol. The van der Waals surface area contributed by atoms with Gasteiger partial charge in [0, 0.05) is 11.5 Å². The first-order valence-corrected chi connectivity index (χ1v) is 12.8. The fourth-order valence-corrected chi connectivity index (χ4v) is 4.26. The molecule has 1 aliphatic rings. The van der Waals surface area contributed by atoms with Gasteiger partial charge in [0.05, 0.1) is 18.2 Å². The highest BCUT2D eigenvalue weighted by atomic mass is 35.5. The zero-order valence-corrected chi connectivity index (χ0v) is 22.3. The molecule has 1 N–H and O–H groups in total. The molecule has 9 nitrogen and oxygen atoms in total. The minimum absolute atomic E-state index is 0.138. The van der Waals surface area contributed by atoms with Crippen LogP contribution in [0.1, 0.15) is 44.2 Å². The fraction of sp³-hybridized carbons (Fsp3) is 0.462. The molecule has 1 fully saturated rings. The molecular formula is C26H31Cl2N5O4. The number of azide groups is 1. The monoisotopic (exact) mass is 547 g/mol. The number of amides is 1. The number of alkyl halides is 2. The van der Waals surface area contributed by atoms with Crippen molar-refractivity contribution in [3.63, 3.8) is 0 Å². The number of halogens is 2. The number of hydrogen-bond donors (Lipinski definition) is 1.